The van der Waals surface area contributed by atoms with Crippen molar-refractivity contribution in [2.24, 2.45) is 0 Å². The van der Waals surface area contributed by atoms with Crippen molar-refractivity contribution >= 4 is 17.6 Å². The van der Waals surface area contributed by atoms with Gasteiger partial charge >= 0.3 is 6.03 Å². The van der Waals surface area contributed by atoms with E-state index in [0.29, 0.717) is 25.9 Å². The van der Waals surface area contributed by atoms with Crippen molar-refractivity contribution < 1.29 is 19.4 Å². The molecule has 0 spiro atoms. The first-order chi connectivity index (χ1) is 12.6. The fourth-order valence-corrected chi connectivity index (χ4v) is 3.79. The normalized spacial score (nSPS) is 23.2. The largest absolute Gasteiger partial charge is 0.497 e. The summed E-state index contributed by atoms with van der Waals surface area (Å²) in [5.41, 5.74) is 0.809. The van der Waals surface area contributed by atoms with E-state index in [9.17, 15) is 14.7 Å². The number of methoxy groups -OCH3 is 1. The fraction of sp³-hybridized carbons (Fsp3) is 0.579. The van der Waals surface area contributed by atoms with Gasteiger partial charge in [0.2, 0.25) is 5.91 Å². The minimum absolute atomic E-state index is 0.00557. The molecule has 2 fully saturated rings. The van der Waals surface area contributed by atoms with Gasteiger partial charge in [-0.3, -0.25) is 4.79 Å². The maximum Gasteiger partial charge on any atom is 0.317 e. The molecule has 26 heavy (non-hydrogen) atoms. The summed E-state index contributed by atoms with van der Waals surface area (Å²) in [6.07, 6.45) is 3.90. The molecule has 1 aromatic rings. The lowest BCUT2D eigenvalue weighted by Crippen LogP contribution is -2.52. The summed E-state index contributed by atoms with van der Waals surface area (Å²) < 4.78 is 5.15. The van der Waals surface area contributed by atoms with E-state index in [1.807, 2.05) is 29.2 Å². The van der Waals surface area contributed by atoms with Crippen LogP contribution in [0.3, 0.4) is 0 Å². The molecule has 3 rings (SSSR count). The topological polar surface area (TPSA) is 82.1 Å². The van der Waals surface area contributed by atoms with Gasteiger partial charge in [-0.05, 0) is 49.9 Å². The number of aliphatic hydroxyl groups is 1. The number of amides is 3. The van der Waals surface area contributed by atoms with Crippen molar-refractivity contribution in [1.82, 2.24) is 10.2 Å². The highest BCUT2D eigenvalue weighted by atomic mass is 16.5. The zero-order chi connectivity index (χ0) is 18.5. The number of likely N-dealkylation sites (tertiary alicyclic amines) is 1. The summed E-state index contributed by atoms with van der Waals surface area (Å²) in [7, 11) is 1.60. The van der Waals surface area contributed by atoms with E-state index in [1.54, 1.807) is 12.0 Å². The molecule has 0 saturated carbocycles. The summed E-state index contributed by atoms with van der Waals surface area (Å²) in [6, 6.07) is 7.10. The van der Waals surface area contributed by atoms with Crippen LogP contribution in [-0.4, -0.2) is 60.8 Å². The number of benzene rings is 1. The van der Waals surface area contributed by atoms with Gasteiger partial charge < -0.3 is 25.0 Å². The highest BCUT2D eigenvalue weighted by molar-refractivity contribution is 5.96. The molecule has 3 amide bonds. The van der Waals surface area contributed by atoms with Crippen molar-refractivity contribution in [3.63, 3.8) is 0 Å². The molecule has 2 N–H and O–H groups in total. The first kappa shape index (κ1) is 18.5. The van der Waals surface area contributed by atoms with E-state index < -0.39 is 0 Å². The fourth-order valence-electron chi connectivity index (χ4n) is 3.79. The second kappa shape index (κ2) is 8.40. The van der Waals surface area contributed by atoms with Crippen molar-refractivity contribution in [3.8, 4) is 5.75 Å². The van der Waals surface area contributed by atoms with Gasteiger partial charge in [0.15, 0.2) is 0 Å². The Hall–Kier alpha value is -2.28. The zero-order valence-corrected chi connectivity index (χ0v) is 15.2. The van der Waals surface area contributed by atoms with Crippen molar-refractivity contribution in [1.29, 1.82) is 0 Å². The van der Waals surface area contributed by atoms with E-state index in [1.165, 1.54) is 0 Å². The van der Waals surface area contributed by atoms with Gasteiger partial charge in [0.05, 0.1) is 13.2 Å². The summed E-state index contributed by atoms with van der Waals surface area (Å²) in [6.45, 7) is 1.26. The Balaban J connectivity index is 1.60. The summed E-state index contributed by atoms with van der Waals surface area (Å²) in [5.74, 6) is 0.747. The highest BCUT2D eigenvalue weighted by Crippen LogP contribution is 2.25. The molecule has 1 aromatic carbocycles. The molecule has 2 aliphatic heterocycles. The van der Waals surface area contributed by atoms with Crippen molar-refractivity contribution in [3.05, 3.63) is 24.3 Å². The smallest absolute Gasteiger partial charge is 0.317 e. The third-order valence-corrected chi connectivity index (χ3v) is 5.19. The third kappa shape index (κ3) is 4.09. The number of ether oxygens (including phenoxy) is 1. The highest BCUT2D eigenvalue weighted by Gasteiger charge is 2.34. The molecule has 0 radical (unpaired) electrons. The Morgan fingerprint density at radius 2 is 2.08 bits per heavy atom. The van der Waals surface area contributed by atoms with Crippen LogP contribution in [0.5, 0.6) is 5.75 Å². The summed E-state index contributed by atoms with van der Waals surface area (Å²) >= 11 is 0. The predicted octanol–water partition coefficient (Wildman–Crippen LogP) is 1.75. The van der Waals surface area contributed by atoms with Gasteiger partial charge in [0.25, 0.3) is 0 Å². The Bertz CT molecular complexity index is 632. The van der Waals surface area contributed by atoms with Crippen LogP contribution >= 0.6 is 0 Å². The molecule has 7 nitrogen and oxygen atoms in total. The van der Waals surface area contributed by atoms with Crippen LogP contribution < -0.4 is 15.0 Å². The number of aliphatic hydroxyl groups excluding tert-OH is 1. The minimum atomic E-state index is -0.200. The molecule has 142 valence electrons. The van der Waals surface area contributed by atoms with Gasteiger partial charge in [-0.1, -0.05) is 0 Å². The number of piperidine rings is 1. The van der Waals surface area contributed by atoms with Gasteiger partial charge in [-0.25, -0.2) is 4.79 Å². The number of rotatable bonds is 5. The molecule has 2 heterocycles. The molecule has 7 heteroatoms. The van der Waals surface area contributed by atoms with Crippen LogP contribution in [0.15, 0.2) is 24.3 Å². The minimum Gasteiger partial charge on any atom is -0.497 e. The van der Waals surface area contributed by atoms with E-state index in [4.69, 9.17) is 4.74 Å². The Kier molecular flexibility index (Phi) is 5.98. The molecule has 2 saturated heterocycles. The second-order valence-corrected chi connectivity index (χ2v) is 6.91. The van der Waals surface area contributed by atoms with E-state index in [2.05, 4.69) is 5.32 Å². The summed E-state index contributed by atoms with van der Waals surface area (Å²) in [5, 5.41) is 12.2. The third-order valence-electron chi connectivity index (χ3n) is 5.19. The van der Waals surface area contributed by atoms with Crippen LogP contribution in [0, 0.1) is 0 Å². The number of hydrogen-bond acceptors (Lipinski definition) is 4. The number of carbonyl (C=O) groups excluding carboxylic acids is 2. The number of hydrogen-bond donors (Lipinski definition) is 2. The van der Waals surface area contributed by atoms with Gasteiger partial charge in [-0.15, -0.1) is 0 Å². The van der Waals surface area contributed by atoms with E-state index in [-0.39, 0.29) is 30.6 Å². The molecule has 0 aliphatic carbocycles. The van der Waals surface area contributed by atoms with E-state index in [0.717, 1.165) is 30.7 Å². The van der Waals surface area contributed by atoms with Gasteiger partial charge in [0.1, 0.15) is 5.75 Å². The van der Waals surface area contributed by atoms with Gasteiger partial charge in [-0.2, -0.15) is 0 Å². The Labute approximate surface area is 153 Å². The monoisotopic (exact) mass is 361 g/mol. The molecule has 2 aliphatic rings. The number of nitrogens with zero attached hydrogens (tertiary/aromatic N) is 2. The maximum absolute atomic E-state index is 12.7. The van der Waals surface area contributed by atoms with Crippen LogP contribution in [0.1, 0.15) is 32.1 Å². The van der Waals surface area contributed by atoms with E-state index >= 15 is 0 Å². The number of nitrogens with one attached hydrogen (secondary N) is 1. The van der Waals surface area contributed by atoms with Crippen LogP contribution in [-0.2, 0) is 4.79 Å². The molecule has 2 atom stereocenters. The first-order valence-corrected chi connectivity index (χ1v) is 9.24. The molecule has 0 aromatic heterocycles. The van der Waals surface area contributed by atoms with Gasteiger partial charge in [0, 0.05) is 37.8 Å². The standard InChI is InChI=1S/C19H27N3O4/c1-26-17-7-5-16(6-8-17)22-13-14(12-18(22)24)20-19(25)21-10-3-2-4-15(21)9-11-23/h5-8,14-15,23H,2-4,9-13H2,1H3,(H,20,25). The number of carbonyl (C=O) groups is 2. The SMILES string of the molecule is COc1ccc(N2CC(NC(=O)N3CCCCC3CCO)CC2=O)cc1. The Morgan fingerprint density at radius 3 is 2.77 bits per heavy atom. The second-order valence-electron chi connectivity index (χ2n) is 6.91. The number of urea groups is 1. The Morgan fingerprint density at radius 1 is 1.31 bits per heavy atom. The van der Waals surface area contributed by atoms with Crippen molar-refractivity contribution in [2.45, 2.75) is 44.2 Å². The molecule has 2 unspecified atom stereocenters. The van der Waals surface area contributed by atoms with Crippen LogP contribution in [0.25, 0.3) is 0 Å². The van der Waals surface area contributed by atoms with Crippen LogP contribution in [0.2, 0.25) is 0 Å². The zero-order valence-electron chi connectivity index (χ0n) is 15.2. The first-order valence-electron chi connectivity index (χ1n) is 9.24. The average Bonchev–Trinajstić information content (AvgIpc) is 3.02. The van der Waals surface area contributed by atoms with Crippen LogP contribution in [0.4, 0.5) is 10.5 Å². The lowest BCUT2D eigenvalue weighted by Gasteiger charge is -2.36. The lowest BCUT2D eigenvalue weighted by molar-refractivity contribution is -0.117. The quantitative estimate of drug-likeness (QED) is 0.837. The summed E-state index contributed by atoms with van der Waals surface area (Å²) in [4.78, 5) is 28.5. The molecular formula is C19H27N3O4. The predicted molar refractivity (Wildman–Crippen MR) is 98.3 cm³/mol. The average molecular weight is 361 g/mol. The maximum atomic E-state index is 12.7. The number of anilines is 1. The molecule has 0 bridgehead atoms. The van der Waals surface area contributed by atoms with Crippen molar-refractivity contribution in [2.75, 3.05) is 31.7 Å². The lowest BCUT2D eigenvalue weighted by atomic mass is 10.00. The molecular weight excluding hydrogens is 334 g/mol.